The summed E-state index contributed by atoms with van der Waals surface area (Å²) >= 11 is 0. The molecule has 0 radical (unpaired) electrons. The molecule has 0 unspecified atom stereocenters. The Morgan fingerprint density at radius 1 is 1.07 bits per heavy atom. The zero-order valence-corrected chi connectivity index (χ0v) is 26.3. The van der Waals surface area contributed by atoms with Gasteiger partial charge in [-0.3, -0.25) is 14.5 Å². The highest BCUT2D eigenvalue weighted by Crippen LogP contribution is 2.33. The number of hydrogen-bond acceptors (Lipinski definition) is 7. The predicted molar refractivity (Wildman–Crippen MR) is 170 cm³/mol. The maximum absolute atomic E-state index is 13.7. The molecule has 1 saturated heterocycles. The van der Waals surface area contributed by atoms with Crippen LogP contribution in [0.5, 0.6) is 0 Å². The molecule has 1 aliphatic heterocycles. The Kier molecular flexibility index (Phi) is 10.7. The molecule has 0 atom stereocenters. The Morgan fingerprint density at radius 2 is 1.74 bits per heavy atom. The van der Waals surface area contributed by atoms with Gasteiger partial charge in [-0.15, -0.1) is 0 Å². The van der Waals surface area contributed by atoms with Gasteiger partial charge in [0.25, 0.3) is 11.5 Å². The Bertz CT molecular complexity index is 1370. The van der Waals surface area contributed by atoms with Crippen LogP contribution in [0.15, 0.2) is 23.0 Å². The van der Waals surface area contributed by atoms with Crippen LogP contribution in [0.25, 0.3) is 0 Å². The SMILES string of the molecule is CCN(c1cc(C#CCN2CCOCC2)cc(C(=O)NCc2c(C)cc(C)n(N)c2=O)c1C)C1CCC(N(C)C)CC1. The van der Waals surface area contributed by atoms with Crippen LogP contribution in [0.1, 0.15) is 70.9 Å². The fourth-order valence-corrected chi connectivity index (χ4v) is 6.25. The first-order chi connectivity index (χ1) is 20.1. The van der Waals surface area contributed by atoms with Crippen molar-refractivity contribution in [3.8, 4) is 11.8 Å². The smallest absolute Gasteiger partial charge is 0.274 e. The average molecular weight is 577 g/mol. The highest BCUT2D eigenvalue weighted by molar-refractivity contribution is 5.97. The van der Waals surface area contributed by atoms with Crippen LogP contribution in [0, 0.1) is 32.6 Å². The number of aromatic nitrogens is 1. The molecule has 2 fully saturated rings. The van der Waals surface area contributed by atoms with E-state index < -0.39 is 0 Å². The zero-order chi connectivity index (χ0) is 30.4. The number of carbonyl (C=O) groups excluding carboxylic acids is 1. The summed E-state index contributed by atoms with van der Waals surface area (Å²) in [4.78, 5) is 33.6. The quantitative estimate of drug-likeness (QED) is 0.369. The van der Waals surface area contributed by atoms with Gasteiger partial charge in [-0.1, -0.05) is 11.8 Å². The monoisotopic (exact) mass is 576 g/mol. The molecular weight excluding hydrogens is 528 g/mol. The van der Waals surface area contributed by atoms with Crippen LogP contribution in [-0.2, 0) is 11.3 Å². The van der Waals surface area contributed by atoms with Gasteiger partial charge in [0.2, 0.25) is 0 Å². The van der Waals surface area contributed by atoms with Crippen molar-refractivity contribution in [2.45, 2.75) is 72.0 Å². The topological polar surface area (TPSA) is 96.1 Å². The molecule has 9 nitrogen and oxygen atoms in total. The Balaban J connectivity index is 1.63. The van der Waals surface area contributed by atoms with Crippen LogP contribution in [-0.4, -0.2) is 86.0 Å². The number of hydrogen-bond donors (Lipinski definition) is 2. The number of carbonyl (C=O) groups is 1. The molecule has 42 heavy (non-hydrogen) atoms. The van der Waals surface area contributed by atoms with E-state index in [1.807, 2.05) is 26.0 Å². The molecule has 1 amide bonds. The van der Waals surface area contributed by atoms with Gasteiger partial charge in [0, 0.05) is 66.3 Å². The molecule has 1 aliphatic carbocycles. The molecule has 1 aromatic carbocycles. The third-order valence-corrected chi connectivity index (χ3v) is 8.94. The van der Waals surface area contributed by atoms with Gasteiger partial charge in [0.15, 0.2) is 0 Å². The number of anilines is 1. The molecule has 1 aromatic heterocycles. The summed E-state index contributed by atoms with van der Waals surface area (Å²) < 4.78 is 6.59. The van der Waals surface area contributed by atoms with Gasteiger partial charge in [0.1, 0.15) is 0 Å². The van der Waals surface area contributed by atoms with E-state index in [4.69, 9.17) is 10.6 Å². The van der Waals surface area contributed by atoms with Gasteiger partial charge in [-0.25, -0.2) is 4.68 Å². The van der Waals surface area contributed by atoms with E-state index in [1.54, 1.807) is 6.92 Å². The predicted octanol–water partition coefficient (Wildman–Crippen LogP) is 2.80. The van der Waals surface area contributed by atoms with Crippen molar-refractivity contribution in [2.75, 3.05) is 64.2 Å². The van der Waals surface area contributed by atoms with Crippen LogP contribution < -0.4 is 21.6 Å². The number of benzene rings is 1. The largest absolute Gasteiger partial charge is 0.379 e. The molecule has 4 rings (SSSR count). The summed E-state index contributed by atoms with van der Waals surface area (Å²) in [5, 5.41) is 3.00. The number of morpholine rings is 1. The first-order valence-electron chi connectivity index (χ1n) is 15.2. The van der Waals surface area contributed by atoms with E-state index in [1.165, 1.54) is 0 Å². The molecule has 1 saturated carbocycles. The fourth-order valence-electron chi connectivity index (χ4n) is 6.25. The van der Waals surface area contributed by atoms with E-state index in [0.29, 0.717) is 35.4 Å². The molecule has 2 aliphatic rings. The number of nitrogen functional groups attached to an aromatic ring is 1. The van der Waals surface area contributed by atoms with Crippen molar-refractivity contribution >= 4 is 11.6 Å². The fraction of sp³-hybridized carbons (Fsp3) is 0.576. The summed E-state index contributed by atoms with van der Waals surface area (Å²) in [6.45, 7) is 12.7. The lowest BCUT2D eigenvalue weighted by Crippen LogP contribution is -2.42. The molecule has 2 heterocycles. The van der Waals surface area contributed by atoms with Gasteiger partial charge < -0.3 is 25.7 Å². The summed E-state index contributed by atoms with van der Waals surface area (Å²) in [5.41, 5.74) is 5.08. The lowest BCUT2D eigenvalue weighted by atomic mass is 9.88. The third-order valence-electron chi connectivity index (χ3n) is 8.94. The van der Waals surface area contributed by atoms with E-state index in [-0.39, 0.29) is 18.0 Å². The van der Waals surface area contributed by atoms with Crippen molar-refractivity contribution in [3.05, 3.63) is 62.1 Å². The Hall–Kier alpha value is -3.32. The lowest BCUT2D eigenvalue weighted by molar-refractivity contribution is 0.0443. The third kappa shape index (κ3) is 7.35. The lowest BCUT2D eigenvalue weighted by Gasteiger charge is -2.40. The number of pyridine rings is 1. The highest BCUT2D eigenvalue weighted by Gasteiger charge is 2.28. The molecule has 0 spiro atoms. The molecule has 9 heteroatoms. The number of nitrogens with zero attached hydrogens (tertiary/aromatic N) is 4. The summed E-state index contributed by atoms with van der Waals surface area (Å²) in [6.07, 6.45) is 4.55. The molecule has 228 valence electrons. The van der Waals surface area contributed by atoms with Crippen molar-refractivity contribution in [2.24, 2.45) is 0 Å². The van der Waals surface area contributed by atoms with Crippen molar-refractivity contribution in [1.29, 1.82) is 0 Å². The molecule has 3 N–H and O–H groups in total. The number of nitrogens with one attached hydrogen (secondary N) is 1. The Morgan fingerprint density at radius 3 is 2.38 bits per heavy atom. The van der Waals surface area contributed by atoms with E-state index >= 15 is 0 Å². The second kappa shape index (κ2) is 14.2. The van der Waals surface area contributed by atoms with Gasteiger partial charge >= 0.3 is 0 Å². The molecule has 0 bridgehead atoms. The van der Waals surface area contributed by atoms with Crippen molar-refractivity contribution in [1.82, 2.24) is 19.8 Å². The number of rotatable bonds is 8. The van der Waals surface area contributed by atoms with Crippen molar-refractivity contribution < 1.29 is 9.53 Å². The van der Waals surface area contributed by atoms with Crippen molar-refractivity contribution in [3.63, 3.8) is 0 Å². The molecule has 2 aromatic rings. The minimum atomic E-state index is -0.293. The number of nitrogens with two attached hydrogens (primary N) is 1. The first-order valence-corrected chi connectivity index (χ1v) is 15.2. The molecular formula is C33H48N6O3. The second-order valence-electron chi connectivity index (χ2n) is 11.9. The maximum Gasteiger partial charge on any atom is 0.274 e. The number of amides is 1. The van der Waals surface area contributed by atoms with Crippen LogP contribution in [0.4, 0.5) is 5.69 Å². The number of ether oxygens (including phenoxy) is 1. The van der Waals surface area contributed by atoms with Gasteiger partial charge in [0.05, 0.1) is 19.8 Å². The van der Waals surface area contributed by atoms with Crippen LogP contribution in [0.2, 0.25) is 0 Å². The summed E-state index contributed by atoms with van der Waals surface area (Å²) in [5.74, 6) is 12.4. The summed E-state index contributed by atoms with van der Waals surface area (Å²) in [7, 11) is 4.33. The minimum absolute atomic E-state index is 0.106. The van der Waals surface area contributed by atoms with E-state index in [2.05, 4.69) is 58.9 Å². The Labute approximate surface area is 251 Å². The van der Waals surface area contributed by atoms with Crippen LogP contribution >= 0.6 is 0 Å². The average Bonchev–Trinajstić information content (AvgIpc) is 2.98. The van der Waals surface area contributed by atoms with E-state index in [0.717, 1.165) is 85.6 Å². The van der Waals surface area contributed by atoms with E-state index in [9.17, 15) is 9.59 Å². The summed E-state index contributed by atoms with van der Waals surface area (Å²) in [6, 6.07) is 6.93. The maximum atomic E-state index is 13.7. The normalized spacial score (nSPS) is 19.3. The second-order valence-corrected chi connectivity index (χ2v) is 11.9. The van der Waals surface area contributed by atoms with Crippen LogP contribution in [0.3, 0.4) is 0 Å². The van der Waals surface area contributed by atoms with Gasteiger partial charge in [-0.05, 0) is 96.8 Å². The number of aryl methyl sites for hydroxylation is 2. The standard InChI is InChI=1S/C33H48N6O3/c1-7-38(28-12-10-27(11-13-28)36(5)6)31-21-26(9-8-14-37-15-17-42-18-16-37)20-29(25(31)4)32(40)35-22-30-23(2)19-24(3)39(34)33(30)41/h19-21,27-28H,7,10-18,22,34H2,1-6H3,(H,35,40). The minimum Gasteiger partial charge on any atom is -0.379 e. The zero-order valence-electron chi connectivity index (χ0n) is 26.3. The first kappa shape index (κ1) is 31.6. The highest BCUT2D eigenvalue weighted by atomic mass is 16.5. The van der Waals surface area contributed by atoms with Gasteiger partial charge in [-0.2, -0.15) is 0 Å².